The summed E-state index contributed by atoms with van der Waals surface area (Å²) in [5, 5.41) is 2.89. The molecule has 1 atom stereocenters. The second-order valence-corrected chi connectivity index (χ2v) is 4.97. The molecular formula is C13H10BrNO2. The van der Waals surface area contributed by atoms with E-state index in [0.717, 1.165) is 21.5 Å². The Balaban J connectivity index is 1.96. The Morgan fingerprint density at radius 2 is 2.24 bits per heavy atom. The monoisotopic (exact) mass is 291 g/mol. The molecule has 0 aliphatic carbocycles. The summed E-state index contributed by atoms with van der Waals surface area (Å²) in [6, 6.07) is 9.56. The number of rotatable bonds is 2. The summed E-state index contributed by atoms with van der Waals surface area (Å²) in [6.07, 6.45) is 2.23. The van der Waals surface area contributed by atoms with Crippen molar-refractivity contribution in [1.82, 2.24) is 0 Å². The van der Waals surface area contributed by atoms with Crippen molar-refractivity contribution in [3.05, 3.63) is 52.4 Å². The van der Waals surface area contributed by atoms with Crippen LogP contribution in [0.2, 0.25) is 0 Å². The van der Waals surface area contributed by atoms with Crippen molar-refractivity contribution < 1.29 is 9.21 Å². The van der Waals surface area contributed by atoms with Gasteiger partial charge in [0.2, 0.25) is 5.91 Å². The van der Waals surface area contributed by atoms with E-state index in [1.165, 1.54) is 0 Å². The summed E-state index contributed by atoms with van der Waals surface area (Å²) in [5.41, 5.74) is 1.93. The van der Waals surface area contributed by atoms with Gasteiger partial charge in [0.15, 0.2) is 0 Å². The first-order valence-corrected chi connectivity index (χ1v) is 6.16. The van der Waals surface area contributed by atoms with Crippen molar-refractivity contribution in [3.8, 4) is 0 Å². The lowest BCUT2D eigenvalue weighted by atomic mass is 9.96. The predicted octanol–water partition coefficient (Wildman–Crippen LogP) is 3.32. The molecule has 0 spiro atoms. The summed E-state index contributed by atoms with van der Waals surface area (Å²) in [5.74, 6) is 0.709. The van der Waals surface area contributed by atoms with Crippen LogP contribution in [0.15, 0.2) is 45.5 Å². The van der Waals surface area contributed by atoms with Crippen LogP contribution in [0.4, 0.5) is 5.69 Å². The van der Waals surface area contributed by atoms with Gasteiger partial charge in [-0.3, -0.25) is 4.79 Å². The Labute approximate surface area is 107 Å². The smallest absolute Gasteiger partial charge is 0.232 e. The van der Waals surface area contributed by atoms with E-state index in [1.54, 1.807) is 6.26 Å². The summed E-state index contributed by atoms with van der Waals surface area (Å²) >= 11 is 3.43. The Morgan fingerprint density at radius 1 is 1.35 bits per heavy atom. The third-order valence-electron chi connectivity index (χ3n) is 2.95. The number of benzene rings is 1. The highest BCUT2D eigenvalue weighted by Crippen LogP contribution is 2.36. The molecular weight excluding hydrogens is 282 g/mol. The number of halogens is 1. The quantitative estimate of drug-likeness (QED) is 0.922. The molecule has 3 nitrogen and oxygen atoms in total. The van der Waals surface area contributed by atoms with Gasteiger partial charge in [0.25, 0.3) is 0 Å². The van der Waals surface area contributed by atoms with Gasteiger partial charge in [0, 0.05) is 16.6 Å². The minimum atomic E-state index is -0.159. The van der Waals surface area contributed by atoms with E-state index in [-0.39, 0.29) is 11.8 Å². The minimum absolute atomic E-state index is 0.0366. The van der Waals surface area contributed by atoms with E-state index in [2.05, 4.69) is 21.2 Å². The molecule has 0 fully saturated rings. The van der Waals surface area contributed by atoms with Gasteiger partial charge in [0.1, 0.15) is 5.76 Å². The molecule has 1 aliphatic rings. The first-order valence-electron chi connectivity index (χ1n) is 5.37. The number of furan rings is 1. The van der Waals surface area contributed by atoms with Gasteiger partial charge in [-0.25, -0.2) is 0 Å². The molecule has 17 heavy (non-hydrogen) atoms. The molecule has 0 radical (unpaired) electrons. The Kier molecular flexibility index (Phi) is 2.52. The molecule has 3 rings (SSSR count). The van der Waals surface area contributed by atoms with Gasteiger partial charge in [-0.1, -0.05) is 15.9 Å². The van der Waals surface area contributed by atoms with Crippen LogP contribution in [0.1, 0.15) is 17.2 Å². The van der Waals surface area contributed by atoms with Gasteiger partial charge in [-0.05, 0) is 35.9 Å². The van der Waals surface area contributed by atoms with Crippen LogP contribution >= 0.6 is 15.9 Å². The standard InChI is InChI=1S/C13H10BrNO2/c14-8-3-4-12-10(6-8)11(13(16)15-12)7-9-2-1-5-17-9/h1-6,11H,7H2,(H,15,16)/t11-/m1/s1. The van der Waals surface area contributed by atoms with Gasteiger partial charge in [-0.2, -0.15) is 0 Å². The maximum Gasteiger partial charge on any atom is 0.232 e. The third-order valence-corrected chi connectivity index (χ3v) is 3.44. The van der Waals surface area contributed by atoms with Gasteiger partial charge >= 0.3 is 0 Å². The van der Waals surface area contributed by atoms with Crippen LogP contribution in [0.25, 0.3) is 0 Å². The maximum absolute atomic E-state index is 11.9. The SMILES string of the molecule is O=C1Nc2ccc(Br)cc2[C@H]1Cc1ccco1. The van der Waals surface area contributed by atoms with Crippen LogP contribution in [0.3, 0.4) is 0 Å². The van der Waals surface area contributed by atoms with Crippen LogP contribution in [0.5, 0.6) is 0 Å². The Morgan fingerprint density at radius 3 is 3.00 bits per heavy atom. The first kappa shape index (κ1) is 10.6. The number of anilines is 1. The number of hydrogen-bond acceptors (Lipinski definition) is 2. The molecule has 0 unspecified atom stereocenters. The largest absolute Gasteiger partial charge is 0.469 e. The molecule has 2 aromatic rings. The summed E-state index contributed by atoms with van der Waals surface area (Å²) < 4.78 is 6.28. The van der Waals surface area contributed by atoms with Gasteiger partial charge < -0.3 is 9.73 Å². The molecule has 86 valence electrons. The molecule has 4 heteroatoms. The second-order valence-electron chi connectivity index (χ2n) is 4.06. The lowest BCUT2D eigenvalue weighted by Crippen LogP contribution is -2.13. The summed E-state index contributed by atoms with van der Waals surface area (Å²) in [7, 11) is 0. The number of carbonyl (C=O) groups is 1. The molecule has 0 saturated carbocycles. The number of amides is 1. The summed E-state index contributed by atoms with van der Waals surface area (Å²) in [4.78, 5) is 11.9. The number of nitrogens with one attached hydrogen (secondary N) is 1. The van der Waals surface area contributed by atoms with E-state index < -0.39 is 0 Å². The fraction of sp³-hybridized carbons (Fsp3) is 0.154. The fourth-order valence-electron chi connectivity index (χ4n) is 2.13. The van der Waals surface area contributed by atoms with Crippen molar-refractivity contribution in [1.29, 1.82) is 0 Å². The molecule has 2 heterocycles. The molecule has 1 amide bonds. The minimum Gasteiger partial charge on any atom is -0.469 e. The number of carbonyl (C=O) groups excluding carboxylic acids is 1. The molecule has 1 aromatic heterocycles. The highest BCUT2D eigenvalue weighted by Gasteiger charge is 2.31. The zero-order valence-corrected chi connectivity index (χ0v) is 10.5. The Hall–Kier alpha value is -1.55. The zero-order valence-electron chi connectivity index (χ0n) is 8.94. The van der Waals surface area contributed by atoms with Crippen molar-refractivity contribution in [3.63, 3.8) is 0 Å². The average Bonchev–Trinajstić information content (AvgIpc) is 2.90. The number of hydrogen-bond donors (Lipinski definition) is 1. The van der Waals surface area contributed by atoms with Crippen molar-refractivity contribution in [2.24, 2.45) is 0 Å². The maximum atomic E-state index is 11.9. The first-order chi connectivity index (χ1) is 8.24. The van der Waals surface area contributed by atoms with E-state index in [9.17, 15) is 4.79 Å². The fourth-order valence-corrected chi connectivity index (χ4v) is 2.51. The number of fused-ring (bicyclic) bond motifs is 1. The zero-order chi connectivity index (χ0) is 11.8. The average molecular weight is 292 g/mol. The van der Waals surface area contributed by atoms with E-state index in [1.807, 2.05) is 30.3 Å². The van der Waals surface area contributed by atoms with Crippen LogP contribution in [-0.4, -0.2) is 5.91 Å². The third kappa shape index (κ3) is 1.89. The van der Waals surface area contributed by atoms with E-state index in [4.69, 9.17) is 4.42 Å². The van der Waals surface area contributed by atoms with E-state index in [0.29, 0.717) is 6.42 Å². The Bertz CT molecular complexity index is 563. The van der Waals surface area contributed by atoms with Gasteiger partial charge in [0.05, 0.1) is 12.2 Å². The lowest BCUT2D eigenvalue weighted by Gasteiger charge is -2.06. The molecule has 0 bridgehead atoms. The van der Waals surface area contributed by atoms with Crippen molar-refractivity contribution in [2.45, 2.75) is 12.3 Å². The van der Waals surface area contributed by atoms with Crippen molar-refractivity contribution >= 4 is 27.5 Å². The normalized spacial score (nSPS) is 17.9. The topological polar surface area (TPSA) is 42.2 Å². The van der Waals surface area contributed by atoms with Crippen LogP contribution in [-0.2, 0) is 11.2 Å². The van der Waals surface area contributed by atoms with E-state index >= 15 is 0 Å². The van der Waals surface area contributed by atoms with Gasteiger partial charge in [-0.15, -0.1) is 0 Å². The van der Waals surface area contributed by atoms with Crippen LogP contribution in [0, 0.1) is 0 Å². The molecule has 0 saturated heterocycles. The second kappa shape index (κ2) is 4.04. The summed E-state index contributed by atoms with van der Waals surface area (Å²) in [6.45, 7) is 0. The highest BCUT2D eigenvalue weighted by molar-refractivity contribution is 9.10. The van der Waals surface area contributed by atoms with Crippen LogP contribution < -0.4 is 5.32 Å². The molecule has 1 aromatic carbocycles. The predicted molar refractivity (Wildman–Crippen MR) is 67.9 cm³/mol. The van der Waals surface area contributed by atoms with Crippen molar-refractivity contribution in [2.75, 3.05) is 5.32 Å². The molecule has 1 aliphatic heterocycles. The highest BCUT2D eigenvalue weighted by atomic mass is 79.9. The molecule has 1 N–H and O–H groups in total. The lowest BCUT2D eigenvalue weighted by molar-refractivity contribution is -0.117.